The van der Waals surface area contributed by atoms with E-state index in [1.165, 1.54) is 57.8 Å². The number of hydrogen-bond donors (Lipinski definition) is 6. The molecule has 1 fully saturated rings. The number of hydrogen-bond acceptors (Lipinski definition) is 10. The van der Waals surface area contributed by atoms with Gasteiger partial charge in [-0.3, -0.25) is 4.79 Å². The maximum atomic E-state index is 12.7. The van der Waals surface area contributed by atoms with Gasteiger partial charge in [-0.15, -0.1) is 16.5 Å². The fourth-order valence-electron chi connectivity index (χ4n) is 4.91. The summed E-state index contributed by atoms with van der Waals surface area (Å²) in [7, 11) is 0. The molecule has 0 spiro atoms. The Kier molecular flexibility index (Phi) is 17.2. The zero-order valence-corrected chi connectivity index (χ0v) is 25.3. The Hall–Kier alpha value is -1.41. The standard InChI is InChI=1S/C28H52ClN3O9/c1-3-4-5-6-7-8-9-10-11-12-13-14-15-16-17-18-21(33)22(34)24-23(35)25(36)28(39,27(2,38)41-24)30-26(37)32(31-40)20-19-29/h22-25,34-36,38-39H,3-20H2,1-2H3,(H,30,37)/t22?,23-,24-,25+,27?,28-/m1/s1/i17D/t17?,22?,23-,24-,25+,27?,28-. The Labute approximate surface area is 250 Å². The normalized spacial score (nSPS) is 28.0. The second kappa shape index (κ2) is 19.7. The van der Waals surface area contributed by atoms with Gasteiger partial charge in [-0.1, -0.05) is 96.8 Å². The largest absolute Gasteiger partial charge is 0.387 e. The Morgan fingerprint density at radius 1 is 1.00 bits per heavy atom. The summed E-state index contributed by atoms with van der Waals surface area (Å²) in [5.41, 5.74) is -3.07. The van der Waals surface area contributed by atoms with Gasteiger partial charge in [0, 0.05) is 13.7 Å². The van der Waals surface area contributed by atoms with Crippen LogP contribution in [0.25, 0.3) is 0 Å². The number of urea groups is 1. The average molecular weight is 611 g/mol. The summed E-state index contributed by atoms with van der Waals surface area (Å²) in [6, 6.07) is -1.36. The number of carbonyl (C=O) groups excluding carboxylic acids is 2. The SMILES string of the molecule is [2H]C(CCCCCCCCCCCCCCC)CC(=O)C(O)[C@H]1OC(C)(O)[C@@](O)(NC(=O)N(CCCl)N=O)[C@@H](O)[C@@H]1O. The molecule has 0 aliphatic carbocycles. The molecule has 41 heavy (non-hydrogen) atoms. The van der Waals surface area contributed by atoms with Gasteiger partial charge < -0.3 is 35.6 Å². The number of halogens is 1. The second-order valence-corrected chi connectivity index (χ2v) is 11.4. The van der Waals surface area contributed by atoms with E-state index in [1.807, 2.05) is 0 Å². The van der Waals surface area contributed by atoms with Gasteiger partial charge in [-0.25, -0.2) is 4.79 Å². The summed E-state index contributed by atoms with van der Waals surface area (Å²) in [4.78, 5) is 35.8. The van der Waals surface area contributed by atoms with E-state index < -0.39 is 54.1 Å². The van der Waals surface area contributed by atoms with E-state index in [9.17, 15) is 40.0 Å². The molecule has 0 saturated carbocycles. The molecular formula is C28H52ClN3O9. The van der Waals surface area contributed by atoms with Crippen LogP contribution in [0.1, 0.15) is 118 Å². The molecule has 240 valence electrons. The number of ketones is 1. The fraction of sp³-hybridized carbons (Fsp3) is 0.929. The monoisotopic (exact) mass is 610 g/mol. The fourth-order valence-corrected chi connectivity index (χ4v) is 5.07. The lowest BCUT2D eigenvalue weighted by Gasteiger charge is -2.52. The lowest BCUT2D eigenvalue weighted by atomic mass is 9.84. The van der Waals surface area contributed by atoms with E-state index >= 15 is 0 Å². The minimum atomic E-state index is -3.07. The topological polar surface area (TPSA) is 189 Å². The first-order valence-corrected chi connectivity index (χ1v) is 15.5. The minimum absolute atomic E-state index is 0.192. The maximum absolute atomic E-state index is 12.7. The molecule has 1 rings (SSSR count). The first kappa shape index (κ1) is 35.8. The van der Waals surface area contributed by atoms with Crippen LogP contribution in [0.4, 0.5) is 4.79 Å². The quantitative estimate of drug-likeness (QED) is 0.0349. The number of carbonyl (C=O) groups is 2. The van der Waals surface area contributed by atoms with E-state index in [4.69, 9.17) is 17.7 Å². The van der Waals surface area contributed by atoms with Gasteiger partial charge in [0.05, 0.1) is 11.8 Å². The van der Waals surface area contributed by atoms with Crippen molar-refractivity contribution < 1.29 is 41.2 Å². The van der Waals surface area contributed by atoms with E-state index in [1.54, 1.807) is 5.32 Å². The van der Waals surface area contributed by atoms with Crippen molar-refractivity contribution in [3.05, 3.63) is 4.91 Å². The van der Waals surface area contributed by atoms with Crippen molar-refractivity contribution in [3.8, 4) is 0 Å². The highest BCUT2D eigenvalue weighted by Gasteiger charge is 2.64. The second-order valence-electron chi connectivity index (χ2n) is 11.0. The maximum Gasteiger partial charge on any atom is 0.342 e. The van der Waals surface area contributed by atoms with Crippen molar-refractivity contribution in [3.63, 3.8) is 0 Å². The van der Waals surface area contributed by atoms with Crippen molar-refractivity contribution in [2.75, 3.05) is 12.4 Å². The zero-order chi connectivity index (χ0) is 31.8. The first-order chi connectivity index (χ1) is 19.9. The lowest BCUT2D eigenvalue weighted by molar-refractivity contribution is -0.390. The molecule has 0 bridgehead atoms. The predicted octanol–water partition coefficient (Wildman–Crippen LogP) is 3.63. The highest BCUT2D eigenvalue weighted by molar-refractivity contribution is 6.18. The summed E-state index contributed by atoms with van der Waals surface area (Å²) in [5.74, 6) is -3.87. The van der Waals surface area contributed by atoms with E-state index in [-0.39, 0.29) is 23.9 Å². The number of nitroso groups, excluding NO2 is 1. The third-order valence-corrected chi connectivity index (χ3v) is 7.76. The van der Waals surface area contributed by atoms with Crippen molar-refractivity contribution in [1.29, 1.82) is 0 Å². The van der Waals surface area contributed by atoms with Crippen LogP contribution in [0, 0.1) is 4.91 Å². The van der Waals surface area contributed by atoms with Gasteiger partial charge in [0.2, 0.25) is 11.5 Å². The smallest absolute Gasteiger partial charge is 0.342 e. The van der Waals surface area contributed by atoms with E-state index in [2.05, 4.69) is 12.2 Å². The van der Waals surface area contributed by atoms with Gasteiger partial charge in [0.1, 0.15) is 24.4 Å². The number of nitrogens with one attached hydrogen (secondary N) is 1. The molecule has 1 saturated heterocycles. The van der Waals surface area contributed by atoms with Crippen LogP contribution in [0.2, 0.25) is 0 Å². The molecule has 13 heteroatoms. The molecule has 7 atom stereocenters. The minimum Gasteiger partial charge on any atom is -0.387 e. The molecule has 0 aromatic heterocycles. The third kappa shape index (κ3) is 12.0. The van der Waals surface area contributed by atoms with Crippen molar-refractivity contribution in [1.82, 2.24) is 10.3 Å². The Bertz CT molecular complexity index is 813. The van der Waals surface area contributed by atoms with Crippen LogP contribution in [0.3, 0.4) is 0 Å². The number of aliphatic hydroxyl groups excluding tert-OH is 3. The highest BCUT2D eigenvalue weighted by Crippen LogP contribution is 2.36. The Morgan fingerprint density at radius 2 is 1.49 bits per heavy atom. The lowest BCUT2D eigenvalue weighted by Crippen LogP contribution is -2.79. The summed E-state index contributed by atoms with van der Waals surface area (Å²) in [5, 5.41) is 57.7. The summed E-state index contributed by atoms with van der Waals surface area (Å²) < 4.78 is 13.4. The molecule has 1 aliphatic heterocycles. The molecule has 0 radical (unpaired) electrons. The van der Waals surface area contributed by atoms with Crippen LogP contribution in [0.5, 0.6) is 0 Å². The van der Waals surface area contributed by atoms with Crippen LogP contribution in [-0.2, 0) is 9.53 Å². The van der Waals surface area contributed by atoms with Crippen LogP contribution in [-0.4, -0.2) is 90.7 Å². The third-order valence-electron chi connectivity index (χ3n) is 7.59. The Morgan fingerprint density at radius 3 is 1.95 bits per heavy atom. The number of aliphatic hydroxyl groups is 5. The summed E-state index contributed by atoms with van der Waals surface area (Å²) in [6.45, 7) is 2.69. The molecule has 0 aromatic carbocycles. The van der Waals surface area contributed by atoms with Gasteiger partial charge in [0.15, 0.2) is 5.78 Å². The first-order valence-electron chi connectivity index (χ1n) is 15.5. The van der Waals surface area contributed by atoms with Gasteiger partial charge in [-0.2, -0.15) is 5.01 Å². The number of Topliss-reactive ketones (excluding diaryl/α,β-unsaturated/α-hetero) is 1. The number of amides is 2. The number of nitrogens with zero attached hydrogens (tertiary/aromatic N) is 2. The molecule has 1 heterocycles. The highest BCUT2D eigenvalue weighted by atomic mass is 35.5. The Balaban J connectivity index is 2.46. The van der Waals surface area contributed by atoms with Crippen LogP contribution < -0.4 is 5.32 Å². The van der Waals surface area contributed by atoms with E-state index in [0.29, 0.717) is 6.42 Å². The molecule has 3 unspecified atom stereocenters. The molecule has 1 aliphatic rings. The summed E-state index contributed by atoms with van der Waals surface area (Å²) >= 11 is 5.49. The number of rotatable bonds is 22. The summed E-state index contributed by atoms with van der Waals surface area (Å²) in [6.07, 6.45) is 6.35. The predicted molar refractivity (Wildman–Crippen MR) is 155 cm³/mol. The van der Waals surface area contributed by atoms with Crippen molar-refractivity contribution in [2.45, 2.75) is 152 Å². The van der Waals surface area contributed by atoms with Gasteiger partial charge in [0.25, 0.3) is 0 Å². The average Bonchev–Trinajstić information content (AvgIpc) is 2.94. The van der Waals surface area contributed by atoms with Gasteiger partial charge in [-0.05, 0) is 13.3 Å². The molecule has 0 aromatic rings. The van der Waals surface area contributed by atoms with E-state index in [0.717, 1.165) is 32.6 Å². The van der Waals surface area contributed by atoms with Crippen molar-refractivity contribution >= 4 is 23.4 Å². The molecule has 2 amide bonds. The molecular weight excluding hydrogens is 558 g/mol. The van der Waals surface area contributed by atoms with Crippen LogP contribution in [0.15, 0.2) is 5.29 Å². The molecule has 12 nitrogen and oxygen atoms in total. The number of alkyl halides is 1. The number of ether oxygens (including phenoxy) is 1. The van der Waals surface area contributed by atoms with Gasteiger partial charge >= 0.3 is 6.03 Å². The number of unbranched alkanes of at least 4 members (excludes halogenated alkanes) is 12. The zero-order valence-electron chi connectivity index (χ0n) is 25.5. The van der Waals surface area contributed by atoms with Crippen molar-refractivity contribution in [2.24, 2.45) is 5.29 Å². The molecule has 6 N–H and O–H groups in total. The van der Waals surface area contributed by atoms with Crippen LogP contribution >= 0.6 is 11.6 Å².